The Hall–Kier alpha value is -1.14. The third-order valence-corrected chi connectivity index (χ3v) is 3.00. The van der Waals surface area contributed by atoms with E-state index < -0.39 is 5.97 Å². The fourth-order valence-corrected chi connectivity index (χ4v) is 2.07. The summed E-state index contributed by atoms with van der Waals surface area (Å²) in [6, 6.07) is 1.66. The zero-order chi connectivity index (χ0) is 11.9. The number of carbonyl (C=O) groups excluding carboxylic acids is 1. The first-order chi connectivity index (χ1) is 7.54. The molecule has 2 rings (SSSR count). The molecule has 0 atom stereocenters. The summed E-state index contributed by atoms with van der Waals surface area (Å²) in [4.78, 5) is 15.6. The van der Waals surface area contributed by atoms with Gasteiger partial charge >= 0.3 is 5.97 Å². The molecule has 0 unspecified atom stereocenters. The number of hydrogen-bond donors (Lipinski definition) is 0. The first-order valence-corrected chi connectivity index (χ1v) is 5.51. The van der Waals surface area contributed by atoms with Gasteiger partial charge in [-0.05, 0) is 28.9 Å². The lowest BCUT2D eigenvalue weighted by Gasteiger charge is -1.97. The number of carbonyl (C=O) groups is 1. The molecule has 0 saturated carbocycles. The highest BCUT2D eigenvalue weighted by molar-refractivity contribution is 9.10. The topological polar surface area (TPSA) is 56.5 Å². The first kappa shape index (κ1) is 11.3. The Labute approximate surface area is 104 Å². The third-order valence-electron chi connectivity index (χ3n) is 2.00. The molecule has 2 aromatic heterocycles. The highest BCUT2D eigenvalue weighted by Crippen LogP contribution is 2.24. The lowest BCUT2D eigenvalue weighted by atomic mass is 10.4. The van der Waals surface area contributed by atoms with Gasteiger partial charge in [0.25, 0.3) is 0 Å². The molecule has 0 bridgehead atoms. The van der Waals surface area contributed by atoms with E-state index in [1.54, 1.807) is 6.07 Å². The van der Waals surface area contributed by atoms with Gasteiger partial charge in [0.1, 0.15) is 5.15 Å². The summed E-state index contributed by atoms with van der Waals surface area (Å²) in [5.41, 5.74) is 1.39. The quantitative estimate of drug-likeness (QED) is 0.599. The molecule has 2 aromatic rings. The Morgan fingerprint density at radius 2 is 2.31 bits per heavy atom. The molecule has 0 aliphatic heterocycles. The Morgan fingerprint density at radius 3 is 2.94 bits per heavy atom. The highest BCUT2D eigenvalue weighted by atomic mass is 79.9. The average molecular weight is 305 g/mol. The van der Waals surface area contributed by atoms with Crippen LogP contribution in [-0.4, -0.2) is 27.7 Å². The lowest BCUT2D eigenvalue weighted by molar-refractivity contribution is 0.0592. The van der Waals surface area contributed by atoms with Crippen LogP contribution in [0.1, 0.15) is 16.2 Å². The molecule has 5 nitrogen and oxygen atoms in total. The number of aryl methyl sites for hydroxylation is 1. The second kappa shape index (κ2) is 4.03. The number of methoxy groups -OCH3 is 1. The van der Waals surface area contributed by atoms with Gasteiger partial charge in [0, 0.05) is 5.69 Å². The zero-order valence-electron chi connectivity index (χ0n) is 8.49. The van der Waals surface area contributed by atoms with Gasteiger partial charge in [-0.15, -0.1) is 0 Å². The molecule has 0 amide bonds. The average Bonchev–Trinajstić information content (AvgIpc) is 2.56. The van der Waals surface area contributed by atoms with Crippen molar-refractivity contribution in [3.63, 3.8) is 0 Å². The summed E-state index contributed by atoms with van der Waals surface area (Å²) < 4.78 is 6.46. The number of aromatic nitrogens is 3. The van der Waals surface area contributed by atoms with Gasteiger partial charge in [0.2, 0.25) is 0 Å². The molecule has 0 saturated heterocycles. The number of hydrogen-bond acceptors (Lipinski definition) is 4. The summed E-state index contributed by atoms with van der Waals surface area (Å²) in [6.45, 7) is 1.81. The van der Waals surface area contributed by atoms with Crippen LogP contribution in [0.5, 0.6) is 0 Å². The maximum atomic E-state index is 11.4. The van der Waals surface area contributed by atoms with Crippen molar-refractivity contribution in [2.45, 2.75) is 6.92 Å². The standard InChI is InChI=1S/C9H7BrClN3O2/c1-4-3-5(11)14-8(12-4)6(10)7(13-14)9(15)16-2/h3H,1-2H3. The van der Waals surface area contributed by atoms with Gasteiger partial charge in [-0.1, -0.05) is 11.6 Å². The third kappa shape index (κ3) is 1.68. The van der Waals surface area contributed by atoms with Crippen LogP contribution in [-0.2, 0) is 4.74 Å². The molecular weight excluding hydrogens is 297 g/mol. The van der Waals surface area contributed by atoms with E-state index >= 15 is 0 Å². The van der Waals surface area contributed by atoms with Crippen LogP contribution in [0.4, 0.5) is 0 Å². The van der Waals surface area contributed by atoms with E-state index in [1.165, 1.54) is 11.6 Å². The van der Waals surface area contributed by atoms with E-state index in [-0.39, 0.29) is 5.69 Å². The summed E-state index contributed by atoms with van der Waals surface area (Å²) in [5.74, 6) is -0.536. The fraction of sp³-hybridized carbons (Fsp3) is 0.222. The second-order valence-electron chi connectivity index (χ2n) is 3.11. The zero-order valence-corrected chi connectivity index (χ0v) is 10.8. The van der Waals surface area contributed by atoms with E-state index in [2.05, 4.69) is 30.7 Å². The van der Waals surface area contributed by atoms with Gasteiger partial charge in [0.15, 0.2) is 11.3 Å². The Kier molecular flexibility index (Phi) is 2.86. The maximum absolute atomic E-state index is 11.4. The van der Waals surface area contributed by atoms with Gasteiger partial charge in [0.05, 0.1) is 11.6 Å². The number of esters is 1. The van der Waals surface area contributed by atoms with Crippen molar-refractivity contribution >= 4 is 39.1 Å². The normalized spacial score (nSPS) is 10.8. The number of rotatable bonds is 1. The van der Waals surface area contributed by atoms with Crippen LogP contribution in [0.2, 0.25) is 5.15 Å². The van der Waals surface area contributed by atoms with Crippen molar-refractivity contribution in [1.82, 2.24) is 14.6 Å². The van der Waals surface area contributed by atoms with E-state index in [0.29, 0.717) is 15.3 Å². The highest BCUT2D eigenvalue weighted by Gasteiger charge is 2.20. The lowest BCUT2D eigenvalue weighted by Crippen LogP contribution is -2.03. The molecule has 0 fully saturated rings. The first-order valence-electron chi connectivity index (χ1n) is 4.34. The van der Waals surface area contributed by atoms with Crippen molar-refractivity contribution in [3.8, 4) is 0 Å². The number of ether oxygens (including phenoxy) is 1. The van der Waals surface area contributed by atoms with Crippen LogP contribution in [0.25, 0.3) is 5.65 Å². The summed E-state index contributed by atoms with van der Waals surface area (Å²) in [6.07, 6.45) is 0. The summed E-state index contributed by atoms with van der Waals surface area (Å²) >= 11 is 9.24. The minimum absolute atomic E-state index is 0.155. The molecule has 16 heavy (non-hydrogen) atoms. The van der Waals surface area contributed by atoms with Crippen LogP contribution >= 0.6 is 27.5 Å². The number of fused-ring (bicyclic) bond motifs is 1. The Bertz CT molecular complexity index is 582. The Morgan fingerprint density at radius 1 is 1.62 bits per heavy atom. The molecule has 2 heterocycles. The van der Waals surface area contributed by atoms with Crippen molar-refractivity contribution in [2.75, 3.05) is 7.11 Å². The molecule has 0 N–H and O–H groups in total. The van der Waals surface area contributed by atoms with E-state index in [1.807, 2.05) is 6.92 Å². The maximum Gasteiger partial charge on any atom is 0.359 e. The fourth-order valence-electron chi connectivity index (χ4n) is 1.30. The van der Waals surface area contributed by atoms with Gasteiger partial charge in [-0.3, -0.25) is 0 Å². The largest absolute Gasteiger partial charge is 0.464 e. The van der Waals surface area contributed by atoms with Crippen molar-refractivity contribution in [1.29, 1.82) is 0 Å². The second-order valence-corrected chi connectivity index (χ2v) is 4.29. The number of nitrogens with zero attached hydrogens (tertiary/aromatic N) is 3. The van der Waals surface area contributed by atoms with Crippen LogP contribution in [0, 0.1) is 6.92 Å². The molecule has 0 aliphatic carbocycles. The molecule has 0 spiro atoms. The van der Waals surface area contributed by atoms with Gasteiger partial charge in [-0.2, -0.15) is 5.10 Å². The minimum atomic E-state index is -0.536. The van der Waals surface area contributed by atoms with Crippen LogP contribution in [0.3, 0.4) is 0 Å². The van der Waals surface area contributed by atoms with Gasteiger partial charge < -0.3 is 4.74 Å². The summed E-state index contributed by atoms with van der Waals surface area (Å²) in [7, 11) is 1.29. The van der Waals surface area contributed by atoms with E-state index in [0.717, 1.165) is 5.69 Å². The monoisotopic (exact) mass is 303 g/mol. The van der Waals surface area contributed by atoms with Gasteiger partial charge in [-0.25, -0.2) is 14.3 Å². The van der Waals surface area contributed by atoms with Crippen molar-refractivity contribution in [2.24, 2.45) is 0 Å². The minimum Gasteiger partial charge on any atom is -0.464 e. The molecule has 0 aromatic carbocycles. The predicted octanol–water partition coefficient (Wildman–Crippen LogP) is 2.24. The Balaban J connectivity index is 2.77. The molecule has 0 radical (unpaired) electrons. The predicted molar refractivity (Wildman–Crippen MR) is 61.8 cm³/mol. The van der Waals surface area contributed by atoms with Crippen LogP contribution in [0.15, 0.2) is 10.5 Å². The van der Waals surface area contributed by atoms with E-state index in [9.17, 15) is 4.79 Å². The molecular formula is C9H7BrClN3O2. The molecule has 0 aliphatic rings. The SMILES string of the molecule is COC(=O)c1nn2c(Cl)cc(C)nc2c1Br. The molecule has 84 valence electrons. The van der Waals surface area contributed by atoms with Crippen molar-refractivity contribution in [3.05, 3.63) is 27.1 Å². The van der Waals surface area contributed by atoms with E-state index in [4.69, 9.17) is 11.6 Å². The molecule has 7 heteroatoms. The van der Waals surface area contributed by atoms with Crippen LogP contribution < -0.4 is 0 Å². The van der Waals surface area contributed by atoms with Crippen molar-refractivity contribution < 1.29 is 9.53 Å². The summed E-state index contributed by atoms with van der Waals surface area (Å²) in [5, 5.41) is 4.41. The number of halogens is 2. The smallest absolute Gasteiger partial charge is 0.359 e.